The maximum atomic E-state index is 11.8. The van der Waals surface area contributed by atoms with E-state index in [2.05, 4.69) is 20.3 Å². The third-order valence-corrected chi connectivity index (χ3v) is 5.17. The van der Waals surface area contributed by atoms with E-state index in [4.69, 9.17) is 11.6 Å². The van der Waals surface area contributed by atoms with Crippen LogP contribution in [0.15, 0.2) is 21.3 Å². The van der Waals surface area contributed by atoms with Gasteiger partial charge in [0.05, 0.1) is 4.34 Å². The van der Waals surface area contributed by atoms with Crippen LogP contribution in [-0.2, 0) is 10.0 Å². The fourth-order valence-corrected chi connectivity index (χ4v) is 3.72. The molecule has 1 aromatic heterocycles. The van der Waals surface area contributed by atoms with Crippen molar-refractivity contribution < 1.29 is 8.42 Å². The van der Waals surface area contributed by atoms with Gasteiger partial charge in [-0.2, -0.15) is 0 Å². The van der Waals surface area contributed by atoms with Crippen LogP contribution in [0, 0.1) is 0 Å². The zero-order valence-corrected chi connectivity index (χ0v) is 12.4. The Labute approximate surface area is 116 Å². The van der Waals surface area contributed by atoms with Crippen LogP contribution in [0.5, 0.6) is 0 Å². The van der Waals surface area contributed by atoms with Crippen molar-refractivity contribution in [2.75, 3.05) is 27.2 Å². The molecular formula is C9H15ClN4O2S2. The van der Waals surface area contributed by atoms with Crippen LogP contribution in [-0.4, -0.2) is 41.6 Å². The molecule has 0 aliphatic heterocycles. The topological polar surface area (TPSA) is 82.6 Å². The van der Waals surface area contributed by atoms with E-state index in [0.717, 1.165) is 11.3 Å². The molecule has 1 rings (SSSR count). The molecule has 102 valence electrons. The van der Waals surface area contributed by atoms with Gasteiger partial charge >= 0.3 is 0 Å². The van der Waals surface area contributed by atoms with E-state index in [1.54, 1.807) is 20.2 Å². The average molecular weight is 311 g/mol. The lowest BCUT2D eigenvalue weighted by Crippen LogP contribution is -2.39. The quantitative estimate of drug-likeness (QED) is 0.419. The molecule has 0 unspecified atom stereocenters. The van der Waals surface area contributed by atoms with Crippen molar-refractivity contribution >= 4 is 38.9 Å². The van der Waals surface area contributed by atoms with Gasteiger partial charge in [-0.05, 0) is 12.1 Å². The minimum Gasteiger partial charge on any atom is -0.359 e. The molecule has 0 spiro atoms. The summed E-state index contributed by atoms with van der Waals surface area (Å²) in [5, 5.41) is 5.77. The first kappa shape index (κ1) is 15.2. The number of nitrogens with zero attached hydrogens (tertiary/aromatic N) is 1. The number of halogens is 1. The summed E-state index contributed by atoms with van der Waals surface area (Å²) < 4.78 is 26.7. The Hall–Kier alpha value is -0.830. The van der Waals surface area contributed by atoms with E-state index in [-0.39, 0.29) is 10.8 Å². The lowest BCUT2D eigenvalue weighted by atomic mass is 10.6. The Morgan fingerprint density at radius 2 is 2.17 bits per heavy atom. The number of thiophene rings is 1. The highest BCUT2D eigenvalue weighted by atomic mass is 35.5. The molecule has 0 aromatic carbocycles. The van der Waals surface area contributed by atoms with Gasteiger partial charge in [-0.15, -0.1) is 11.3 Å². The second-order valence-electron chi connectivity index (χ2n) is 3.21. The largest absolute Gasteiger partial charge is 0.359 e. The van der Waals surface area contributed by atoms with Gasteiger partial charge in [0.2, 0.25) is 10.0 Å². The molecule has 1 heterocycles. The van der Waals surface area contributed by atoms with E-state index in [9.17, 15) is 8.42 Å². The van der Waals surface area contributed by atoms with Gasteiger partial charge in [0.1, 0.15) is 4.21 Å². The molecule has 1 aromatic rings. The summed E-state index contributed by atoms with van der Waals surface area (Å²) in [4.78, 5) is 3.90. The normalized spacial score (nSPS) is 12.5. The molecule has 0 saturated carbocycles. The fraction of sp³-hybridized carbons (Fsp3) is 0.444. The summed E-state index contributed by atoms with van der Waals surface area (Å²) in [5.74, 6) is 0.605. The van der Waals surface area contributed by atoms with E-state index in [1.165, 1.54) is 6.07 Å². The lowest BCUT2D eigenvalue weighted by molar-refractivity contribution is 0.583. The molecule has 0 bridgehead atoms. The predicted molar refractivity (Wildman–Crippen MR) is 74.9 cm³/mol. The van der Waals surface area contributed by atoms with Crippen molar-refractivity contribution in [3.05, 3.63) is 16.5 Å². The first-order valence-corrected chi connectivity index (χ1v) is 7.81. The van der Waals surface area contributed by atoms with E-state index >= 15 is 0 Å². The predicted octanol–water partition coefficient (Wildman–Crippen LogP) is 0.475. The molecule has 0 atom stereocenters. The third-order valence-electron chi connectivity index (χ3n) is 1.98. The molecule has 0 fully saturated rings. The van der Waals surface area contributed by atoms with Crippen LogP contribution < -0.4 is 15.4 Å². The number of aliphatic imine (C=N–C) groups is 1. The SMILES string of the molecule is CN=C(NC)NCCNS(=O)(=O)c1ccc(Cl)s1. The molecule has 0 aliphatic carbocycles. The Morgan fingerprint density at radius 1 is 1.44 bits per heavy atom. The maximum Gasteiger partial charge on any atom is 0.250 e. The van der Waals surface area contributed by atoms with Crippen LogP contribution in [0.1, 0.15) is 0 Å². The Morgan fingerprint density at radius 3 is 2.67 bits per heavy atom. The zero-order chi connectivity index (χ0) is 13.6. The minimum absolute atomic E-state index is 0.213. The van der Waals surface area contributed by atoms with Crippen LogP contribution in [0.4, 0.5) is 0 Å². The Bertz CT molecular complexity index is 512. The summed E-state index contributed by atoms with van der Waals surface area (Å²) in [6.45, 7) is 0.699. The second kappa shape index (κ2) is 6.93. The van der Waals surface area contributed by atoms with Crippen LogP contribution in [0.2, 0.25) is 4.34 Å². The maximum absolute atomic E-state index is 11.8. The summed E-state index contributed by atoms with van der Waals surface area (Å²) in [5.41, 5.74) is 0. The van der Waals surface area contributed by atoms with Crippen molar-refractivity contribution in [3.63, 3.8) is 0 Å². The molecule has 18 heavy (non-hydrogen) atoms. The summed E-state index contributed by atoms with van der Waals surface area (Å²) in [6, 6.07) is 3.04. The first-order chi connectivity index (χ1) is 8.49. The van der Waals surface area contributed by atoms with E-state index in [1.807, 2.05) is 0 Å². The molecule has 3 N–H and O–H groups in total. The molecule has 6 nitrogen and oxygen atoms in total. The molecular weight excluding hydrogens is 296 g/mol. The number of rotatable bonds is 5. The molecule has 0 saturated heterocycles. The van der Waals surface area contributed by atoms with Crippen molar-refractivity contribution in [3.8, 4) is 0 Å². The molecule has 0 aliphatic rings. The van der Waals surface area contributed by atoms with Gasteiger partial charge in [-0.1, -0.05) is 11.6 Å². The first-order valence-electron chi connectivity index (χ1n) is 5.13. The molecule has 0 amide bonds. The highest BCUT2D eigenvalue weighted by Crippen LogP contribution is 2.24. The molecule has 0 radical (unpaired) electrons. The fourth-order valence-electron chi connectivity index (χ4n) is 1.16. The smallest absolute Gasteiger partial charge is 0.250 e. The van der Waals surface area contributed by atoms with Gasteiger partial charge < -0.3 is 10.6 Å². The molecule has 9 heteroatoms. The average Bonchev–Trinajstić information content (AvgIpc) is 2.77. The van der Waals surface area contributed by atoms with Gasteiger partial charge in [-0.25, -0.2) is 13.1 Å². The Balaban J connectivity index is 2.44. The van der Waals surface area contributed by atoms with Crippen molar-refractivity contribution in [1.82, 2.24) is 15.4 Å². The Kier molecular flexibility index (Phi) is 5.86. The van der Waals surface area contributed by atoms with Crippen molar-refractivity contribution in [2.24, 2.45) is 4.99 Å². The van der Waals surface area contributed by atoms with Gasteiger partial charge in [0.25, 0.3) is 0 Å². The minimum atomic E-state index is -3.47. The number of guanidine groups is 1. The summed E-state index contributed by atoms with van der Waals surface area (Å²) in [7, 11) is -0.102. The number of hydrogen-bond acceptors (Lipinski definition) is 4. The number of hydrogen-bond donors (Lipinski definition) is 3. The number of nitrogens with one attached hydrogen (secondary N) is 3. The summed E-state index contributed by atoms with van der Waals surface area (Å²) in [6.07, 6.45) is 0. The van der Waals surface area contributed by atoms with Gasteiger partial charge in [0.15, 0.2) is 5.96 Å². The monoisotopic (exact) mass is 310 g/mol. The zero-order valence-electron chi connectivity index (χ0n) is 10.0. The standard InChI is InChI=1S/C9H15ClN4O2S2/c1-11-9(12-2)13-5-6-14-18(15,16)8-4-3-7(10)17-8/h3-4,14H,5-6H2,1-2H3,(H2,11,12,13). The van der Waals surface area contributed by atoms with Crippen LogP contribution in [0.3, 0.4) is 0 Å². The van der Waals surface area contributed by atoms with Crippen LogP contribution >= 0.6 is 22.9 Å². The number of sulfonamides is 1. The van der Waals surface area contributed by atoms with Gasteiger partial charge in [-0.3, -0.25) is 4.99 Å². The summed E-state index contributed by atoms with van der Waals surface area (Å²) >= 11 is 6.72. The lowest BCUT2D eigenvalue weighted by Gasteiger charge is -2.09. The van der Waals surface area contributed by atoms with Crippen molar-refractivity contribution in [1.29, 1.82) is 0 Å². The van der Waals surface area contributed by atoms with Crippen LogP contribution in [0.25, 0.3) is 0 Å². The highest BCUT2D eigenvalue weighted by molar-refractivity contribution is 7.91. The highest BCUT2D eigenvalue weighted by Gasteiger charge is 2.15. The van der Waals surface area contributed by atoms with E-state index in [0.29, 0.717) is 16.8 Å². The third kappa shape index (κ3) is 4.45. The van der Waals surface area contributed by atoms with Gasteiger partial charge in [0, 0.05) is 27.2 Å². The second-order valence-corrected chi connectivity index (χ2v) is 6.91. The van der Waals surface area contributed by atoms with E-state index < -0.39 is 10.0 Å². The van der Waals surface area contributed by atoms with Crippen molar-refractivity contribution in [2.45, 2.75) is 4.21 Å².